The number of imidazole rings is 1. The largest absolute Gasteiger partial charge is 0.273 e. The summed E-state index contributed by atoms with van der Waals surface area (Å²) in [5.74, 6) is 0. The van der Waals surface area contributed by atoms with Gasteiger partial charge in [-0.15, -0.1) is 0 Å². The molecule has 3 rings (SSSR count). The van der Waals surface area contributed by atoms with Gasteiger partial charge in [0.25, 0.3) is 0 Å². The maximum absolute atomic E-state index is 4.15. The molecule has 0 saturated carbocycles. The molecule has 13 heavy (non-hydrogen) atoms. The zero-order valence-electron chi connectivity index (χ0n) is 7.02. The van der Waals surface area contributed by atoms with Crippen LogP contribution in [0.4, 0.5) is 0 Å². The zero-order chi connectivity index (χ0) is 8.84. The molecule has 64 valence electrons. The van der Waals surface area contributed by atoms with Gasteiger partial charge in [-0.05, 0) is 12.1 Å². The number of aryl methyl sites for hydroxylation is 1. The number of fused-ring (bicyclic) bond motifs is 3. The van der Waals surface area contributed by atoms with E-state index in [9.17, 15) is 0 Å². The van der Waals surface area contributed by atoms with E-state index in [-0.39, 0.29) is 0 Å². The minimum absolute atomic E-state index is 0.856. The van der Waals surface area contributed by atoms with Crippen molar-refractivity contribution in [2.75, 3.05) is 0 Å². The monoisotopic (exact) mass is 173 g/mol. The van der Waals surface area contributed by atoms with Crippen LogP contribution in [0.3, 0.4) is 0 Å². The van der Waals surface area contributed by atoms with Gasteiger partial charge in [-0.1, -0.05) is 0 Å². The number of aromatic nitrogens is 5. The molecule has 0 fully saturated rings. The van der Waals surface area contributed by atoms with Crippen molar-refractivity contribution in [3.63, 3.8) is 0 Å². The quantitative estimate of drug-likeness (QED) is 0.548. The van der Waals surface area contributed by atoms with E-state index in [1.807, 2.05) is 23.9 Å². The molecule has 2 heterocycles. The summed E-state index contributed by atoms with van der Waals surface area (Å²) in [6.45, 7) is 0. The Morgan fingerprint density at radius 1 is 1.23 bits per heavy atom. The third-order valence-electron chi connectivity index (χ3n) is 2.17. The second-order valence-corrected chi connectivity index (χ2v) is 2.95. The van der Waals surface area contributed by atoms with E-state index in [1.165, 1.54) is 0 Å². The number of benzene rings is 1. The van der Waals surface area contributed by atoms with Crippen molar-refractivity contribution in [3.8, 4) is 0 Å². The molecule has 3 aromatic rings. The van der Waals surface area contributed by atoms with Gasteiger partial charge in [0, 0.05) is 7.05 Å². The Morgan fingerprint density at radius 3 is 3.08 bits per heavy atom. The van der Waals surface area contributed by atoms with Crippen molar-refractivity contribution in [3.05, 3.63) is 18.5 Å². The number of nitrogens with zero attached hydrogens (tertiary/aromatic N) is 4. The van der Waals surface area contributed by atoms with Gasteiger partial charge in [-0.2, -0.15) is 5.10 Å². The van der Waals surface area contributed by atoms with Crippen LogP contribution in [-0.4, -0.2) is 25.0 Å². The summed E-state index contributed by atoms with van der Waals surface area (Å²) in [7, 11) is 1.91. The molecule has 0 atom stereocenters. The predicted molar refractivity (Wildman–Crippen MR) is 48.2 cm³/mol. The number of H-pyrrole nitrogens is 1. The maximum atomic E-state index is 4.15. The third kappa shape index (κ3) is 0.729. The highest BCUT2D eigenvalue weighted by Crippen LogP contribution is 2.19. The summed E-state index contributed by atoms with van der Waals surface area (Å²) in [5, 5.41) is 7.01. The first kappa shape index (κ1) is 6.59. The highest BCUT2D eigenvalue weighted by atomic mass is 15.4. The third-order valence-corrected chi connectivity index (χ3v) is 2.17. The highest BCUT2D eigenvalue weighted by Gasteiger charge is 2.06. The van der Waals surface area contributed by atoms with Crippen LogP contribution >= 0.6 is 0 Å². The lowest BCUT2D eigenvalue weighted by Gasteiger charge is -1.91. The Balaban J connectivity index is 2.66. The summed E-state index contributed by atoms with van der Waals surface area (Å²) >= 11 is 0. The number of nitrogens with one attached hydrogen (secondary N) is 1. The molecule has 0 unspecified atom stereocenters. The van der Waals surface area contributed by atoms with Gasteiger partial charge in [0.05, 0.1) is 11.0 Å². The fraction of sp³-hybridized carbons (Fsp3) is 0.125. The lowest BCUT2D eigenvalue weighted by Crippen LogP contribution is -1.88. The second-order valence-electron chi connectivity index (χ2n) is 2.95. The molecule has 5 heteroatoms. The maximum Gasteiger partial charge on any atom is 0.138 e. The fourth-order valence-electron chi connectivity index (χ4n) is 1.50. The van der Waals surface area contributed by atoms with Crippen LogP contribution < -0.4 is 0 Å². The van der Waals surface area contributed by atoms with Gasteiger partial charge in [0.2, 0.25) is 0 Å². The Labute approximate surface area is 73.4 Å². The normalized spacial score (nSPS) is 11.5. The molecule has 0 aliphatic heterocycles. The fourth-order valence-corrected chi connectivity index (χ4v) is 1.50. The lowest BCUT2D eigenvalue weighted by molar-refractivity contribution is 0.736. The average molecular weight is 173 g/mol. The van der Waals surface area contributed by atoms with Crippen LogP contribution in [0.1, 0.15) is 0 Å². The summed E-state index contributed by atoms with van der Waals surface area (Å²) < 4.78 is 1.85. The molecule has 2 aromatic heterocycles. The van der Waals surface area contributed by atoms with Crippen molar-refractivity contribution in [1.82, 2.24) is 25.0 Å². The SMILES string of the molecule is Cn1[nH]nc2c3ncnc3ccc21. The summed E-state index contributed by atoms with van der Waals surface area (Å²) in [6, 6.07) is 3.93. The zero-order valence-corrected chi connectivity index (χ0v) is 7.02. The van der Waals surface area contributed by atoms with Crippen LogP contribution in [0.2, 0.25) is 0 Å². The molecule has 1 aromatic carbocycles. The van der Waals surface area contributed by atoms with Gasteiger partial charge in [-0.3, -0.25) is 4.68 Å². The van der Waals surface area contributed by atoms with Gasteiger partial charge < -0.3 is 0 Å². The van der Waals surface area contributed by atoms with Gasteiger partial charge in [0.1, 0.15) is 17.4 Å². The van der Waals surface area contributed by atoms with Gasteiger partial charge in [0.15, 0.2) is 0 Å². The molecule has 5 nitrogen and oxygen atoms in total. The Morgan fingerprint density at radius 2 is 2.15 bits per heavy atom. The molecule has 0 spiro atoms. The number of hydrogen-bond acceptors (Lipinski definition) is 3. The van der Waals surface area contributed by atoms with Gasteiger partial charge >= 0.3 is 0 Å². The molecule has 0 saturated heterocycles. The Hall–Kier alpha value is -1.91. The van der Waals surface area contributed by atoms with E-state index < -0.39 is 0 Å². The molecular weight excluding hydrogens is 166 g/mol. The van der Waals surface area contributed by atoms with Crippen LogP contribution in [0.25, 0.3) is 22.1 Å². The van der Waals surface area contributed by atoms with Crippen molar-refractivity contribution in [2.45, 2.75) is 0 Å². The van der Waals surface area contributed by atoms with Crippen molar-refractivity contribution < 1.29 is 0 Å². The van der Waals surface area contributed by atoms with E-state index in [1.54, 1.807) is 6.33 Å². The van der Waals surface area contributed by atoms with Gasteiger partial charge in [-0.25, -0.2) is 15.2 Å². The average Bonchev–Trinajstić information content (AvgIpc) is 2.70. The van der Waals surface area contributed by atoms with E-state index in [2.05, 4.69) is 20.3 Å². The number of hydrogen-bond donors (Lipinski definition) is 1. The smallest absolute Gasteiger partial charge is 0.138 e. The molecule has 0 amide bonds. The first-order valence-electron chi connectivity index (χ1n) is 3.97. The highest BCUT2D eigenvalue weighted by molar-refractivity contribution is 5.99. The van der Waals surface area contributed by atoms with E-state index in [0.29, 0.717) is 0 Å². The molecule has 0 aliphatic carbocycles. The van der Waals surface area contributed by atoms with E-state index in [4.69, 9.17) is 0 Å². The van der Waals surface area contributed by atoms with Crippen molar-refractivity contribution in [2.24, 2.45) is 7.05 Å². The summed E-state index contributed by atoms with van der Waals surface area (Å²) in [5.41, 5.74) is 3.65. The Kier molecular flexibility index (Phi) is 1.05. The van der Waals surface area contributed by atoms with Crippen LogP contribution in [0.5, 0.6) is 0 Å². The molecule has 0 aliphatic rings. The lowest BCUT2D eigenvalue weighted by atomic mass is 10.2. The molecular formula is C8H7N5. The van der Waals surface area contributed by atoms with Crippen LogP contribution in [-0.2, 0) is 7.05 Å². The standard InChI is InChI=1S/C8H7N5/c1-13-6-3-2-5-7(10-4-9-5)8(6)11-12-13/h2-4,12H,1H3. The summed E-state index contributed by atoms with van der Waals surface area (Å²) in [6.07, 6.45) is 1.55. The summed E-state index contributed by atoms with van der Waals surface area (Å²) in [4.78, 5) is 8.26. The Bertz CT molecular complexity index is 576. The number of aromatic amines is 1. The van der Waals surface area contributed by atoms with Crippen LogP contribution in [0.15, 0.2) is 18.5 Å². The number of rotatable bonds is 0. The molecule has 0 radical (unpaired) electrons. The topological polar surface area (TPSA) is 59.4 Å². The van der Waals surface area contributed by atoms with Crippen molar-refractivity contribution >= 4 is 22.1 Å². The predicted octanol–water partition coefficient (Wildman–Crippen LogP) is 0.845. The minimum Gasteiger partial charge on any atom is -0.273 e. The van der Waals surface area contributed by atoms with Crippen LogP contribution in [0, 0.1) is 0 Å². The minimum atomic E-state index is 0.856. The molecule has 0 bridgehead atoms. The van der Waals surface area contributed by atoms with E-state index >= 15 is 0 Å². The first-order chi connectivity index (χ1) is 6.36. The first-order valence-corrected chi connectivity index (χ1v) is 3.97. The molecule has 1 N–H and O–H groups in total. The van der Waals surface area contributed by atoms with E-state index in [0.717, 1.165) is 22.1 Å². The van der Waals surface area contributed by atoms with Crippen molar-refractivity contribution in [1.29, 1.82) is 0 Å². The second kappa shape index (κ2) is 2.07.